The number of hydrogen-bond acceptors (Lipinski definition) is 6. The summed E-state index contributed by atoms with van der Waals surface area (Å²) in [5.74, 6) is 2.40. The van der Waals surface area contributed by atoms with Crippen molar-refractivity contribution in [2.24, 2.45) is 11.8 Å². The molecule has 1 aromatic carbocycles. The molecule has 0 bridgehead atoms. The standard InChI is InChI=1S/C25H37N3O3/c1-3-30-18-22(29)16-27(15-20-9-10-20)17-23-24(21-7-5-4-6-8-21)26-31-25(23)28-13-11-19(2)12-14-28/h4-8,19-20,22,29H,3,9-18H2,1-2H3/t22-/m0/s1. The van der Waals surface area contributed by atoms with Gasteiger partial charge in [-0.15, -0.1) is 0 Å². The Morgan fingerprint density at radius 3 is 2.61 bits per heavy atom. The molecule has 2 fully saturated rings. The molecule has 1 saturated carbocycles. The highest BCUT2D eigenvalue weighted by Crippen LogP contribution is 2.36. The van der Waals surface area contributed by atoms with Crippen molar-refractivity contribution in [3.63, 3.8) is 0 Å². The predicted octanol–water partition coefficient (Wildman–Crippen LogP) is 4.19. The molecule has 2 aromatic rings. The molecule has 2 aliphatic rings. The van der Waals surface area contributed by atoms with E-state index in [4.69, 9.17) is 9.26 Å². The van der Waals surface area contributed by atoms with Crippen LogP contribution >= 0.6 is 0 Å². The van der Waals surface area contributed by atoms with Crippen LogP contribution in [0.4, 0.5) is 5.88 Å². The molecule has 170 valence electrons. The second-order valence-electron chi connectivity index (χ2n) is 9.30. The van der Waals surface area contributed by atoms with Crippen molar-refractivity contribution >= 4 is 5.88 Å². The molecule has 1 aliphatic carbocycles. The molecule has 31 heavy (non-hydrogen) atoms. The molecule has 0 unspecified atom stereocenters. The molecule has 2 heterocycles. The third kappa shape index (κ3) is 6.09. The van der Waals surface area contributed by atoms with E-state index in [9.17, 15) is 5.11 Å². The van der Waals surface area contributed by atoms with Gasteiger partial charge in [-0.1, -0.05) is 42.4 Å². The summed E-state index contributed by atoms with van der Waals surface area (Å²) < 4.78 is 11.4. The Morgan fingerprint density at radius 1 is 1.19 bits per heavy atom. The van der Waals surface area contributed by atoms with Gasteiger partial charge in [-0.25, -0.2) is 0 Å². The number of ether oxygens (including phenoxy) is 1. The number of nitrogens with zero attached hydrogens (tertiary/aromatic N) is 3. The third-order valence-electron chi connectivity index (χ3n) is 6.46. The van der Waals surface area contributed by atoms with E-state index in [1.165, 1.54) is 25.7 Å². The summed E-state index contributed by atoms with van der Waals surface area (Å²) in [6.07, 6.45) is 4.44. The molecule has 1 atom stereocenters. The lowest BCUT2D eigenvalue weighted by Crippen LogP contribution is -2.37. The van der Waals surface area contributed by atoms with Crippen molar-refractivity contribution in [3.05, 3.63) is 35.9 Å². The Morgan fingerprint density at radius 2 is 1.94 bits per heavy atom. The minimum absolute atomic E-state index is 0.379. The fraction of sp³-hybridized carbons (Fsp3) is 0.640. The zero-order valence-electron chi connectivity index (χ0n) is 19.0. The molecule has 1 N–H and O–H groups in total. The van der Waals surface area contributed by atoms with Crippen LogP contribution < -0.4 is 4.90 Å². The summed E-state index contributed by atoms with van der Waals surface area (Å²) in [5.41, 5.74) is 3.15. The Bertz CT molecular complexity index is 798. The average molecular weight is 428 g/mol. The van der Waals surface area contributed by atoms with E-state index in [0.29, 0.717) is 19.8 Å². The fourth-order valence-corrected chi connectivity index (χ4v) is 4.42. The maximum Gasteiger partial charge on any atom is 0.232 e. The van der Waals surface area contributed by atoms with E-state index in [0.717, 1.165) is 60.7 Å². The largest absolute Gasteiger partial charge is 0.389 e. The van der Waals surface area contributed by atoms with Crippen LogP contribution in [0.5, 0.6) is 0 Å². The van der Waals surface area contributed by atoms with Gasteiger partial charge in [0.25, 0.3) is 0 Å². The zero-order valence-corrected chi connectivity index (χ0v) is 19.0. The lowest BCUT2D eigenvalue weighted by Gasteiger charge is -2.31. The van der Waals surface area contributed by atoms with E-state index in [1.54, 1.807) is 0 Å². The highest BCUT2D eigenvalue weighted by molar-refractivity contribution is 5.68. The minimum atomic E-state index is -0.488. The van der Waals surface area contributed by atoms with Crippen LogP contribution in [-0.2, 0) is 11.3 Å². The topological polar surface area (TPSA) is 62.0 Å². The lowest BCUT2D eigenvalue weighted by molar-refractivity contribution is 0.0187. The Hall–Kier alpha value is -1.89. The first-order chi connectivity index (χ1) is 15.1. The number of aliphatic hydroxyl groups is 1. The summed E-state index contributed by atoms with van der Waals surface area (Å²) in [5, 5.41) is 15.1. The maximum atomic E-state index is 10.5. The van der Waals surface area contributed by atoms with E-state index < -0.39 is 6.10 Å². The van der Waals surface area contributed by atoms with Gasteiger partial charge in [0.05, 0.1) is 18.3 Å². The van der Waals surface area contributed by atoms with Gasteiger partial charge >= 0.3 is 0 Å². The smallest absolute Gasteiger partial charge is 0.232 e. The highest BCUT2D eigenvalue weighted by Gasteiger charge is 2.30. The normalized spacial score (nSPS) is 18.6. The van der Waals surface area contributed by atoms with Gasteiger partial charge < -0.3 is 19.3 Å². The molecular weight excluding hydrogens is 390 g/mol. The van der Waals surface area contributed by atoms with Crippen LogP contribution in [0.3, 0.4) is 0 Å². The molecule has 6 heteroatoms. The maximum absolute atomic E-state index is 10.5. The fourth-order valence-electron chi connectivity index (χ4n) is 4.42. The summed E-state index contributed by atoms with van der Waals surface area (Å²) >= 11 is 0. The molecule has 1 aromatic heterocycles. The number of rotatable bonds is 11. The number of aliphatic hydroxyl groups excluding tert-OH is 1. The Kier molecular flexibility index (Phi) is 7.64. The molecule has 0 amide bonds. The van der Waals surface area contributed by atoms with Crippen molar-refractivity contribution in [1.82, 2.24) is 10.1 Å². The summed E-state index contributed by atoms with van der Waals surface area (Å²) in [7, 11) is 0. The molecule has 0 spiro atoms. The minimum Gasteiger partial charge on any atom is -0.389 e. The van der Waals surface area contributed by atoms with E-state index >= 15 is 0 Å². The number of benzene rings is 1. The second kappa shape index (κ2) is 10.6. The van der Waals surface area contributed by atoms with Gasteiger partial charge in [0.15, 0.2) is 0 Å². The molecule has 0 radical (unpaired) electrons. The quantitative estimate of drug-likeness (QED) is 0.580. The SMILES string of the molecule is CCOC[C@@H](O)CN(Cc1c(-c2ccccc2)noc1N1CCC(C)CC1)CC1CC1. The molecular formula is C25H37N3O3. The second-order valence-corrected chi connectivity index (χ2v) is 9.30. The van der Waals surface area contributed by atoms with Crippen LogP contribution in [0.15, 0.2) is 34.9 Å². The molecule has 4 rings (SSSR count). The van der Waals surface area contributed by atoms with Crippen LogP contribution in [0.1, 0.15) is 45.1 Å². The number of aromatic nitrogens is 1. The van der Waals surface area contributed by atoms with Crippen molar-refractivity contribution in [3.8, 4) is 11.3 Å². The van der Waals surface area contributed by atoms with Gasteiger partial charge in [0.1, 0.15) is 5.69 Å². The van der Waals surface area contributed by atoms with Gasteiger partial charge in [0, 0.05) is 44.9 Å². The van der Waals surface area contributed by atoms with Gasteiger partial charge in [0.2, 0.25) is 5.88 Å². The average Bonchev–Trinajstić information content (AvgIpc) is 3.50. The number of piperidine rings is 1. The summed E-state index contributed by atoms with van der Waals surface area (Å²) in [4.78, 5) is 4.73. The van der Waals surface area contributed by atoms with Crippen LogP contribution in [-0.4, -0.2) is 60.7 Å². The van der Waals surface area contributed by atoms with Crippen molar-refractivity contribution < 1.29 is 14.4 Å². The van der Waals surface area contributed by atoms with Gasteiger partial charge in [-0.2, -0.15) is 0 Å². The van der Waals surface area contributed by atoms with Gasteiger partial charge in [-0.05, 0) is 44.4 Å². The van der Waals surface area contributed by atoms with Crippen LogP contribution in [0.2, 0.25) is 0 Å². The third-order valence-corrected chi connectivity index (χ3v) is 6.46. The van der Waals surface area contributed by atoms with Crippen molar-refractivity contribution in [2.75, 3.05) is 44.3 Å². The van der Waals surface area contributed by atoms with E-state index in [-0.39, 0.29) is 0 Å². The van der Waals surface area contributed by atoms with Crippen LogP contribution in [0.25, 0.3) is 11.3 Å². The summed E-state index contributed by atoms with van der Waals surface area (Å²) in [6.45, 7) is 9.64. The zero-order chi connectivity index (χ0) is 21.6. The number of anilines is 1. The van der Waals surface area contributed by atoms with E-state index in [2.05, 4.69) is 34.0 Å². The predicted molar refractivity (Wildman–Crippen MR) is 123 cm³/mol. The Balaban J connectivity index is 1.59. The first-order valence-electron chi connectivity index (χ1n) is 11.9. The first-order valence-corrected chi connectivity index (χ1v) is 11.9. The van der Waals surface area contributed by atoms with Crippen molar-refractivity contribution in [2.45, 2.75) is 52.2 Å². The van der Waals surface area contributed by atoms with E-state index in [1.807, 2.05) is 25.1 Å². The van der Waals surface area contributed by atoms with Gasteiger partial charge in [-0.3, -0.25) is 4.90 Å². The number of hydrogen-bond donors (Lipinski definition) is 1. The Labute approximate surface area is 186 Å². The lowest BCUT2D eigenvalue weighted by atomic mass is 9.98. The highest BCUT2D eigenvalue weighted by atomic mass is 16.5. The molecule has 1 aliphatic heterocycles. The summed E-state index contributed by atoms with van der Waals surface area (Å²) in [6, 6.07) is 10.3. The molecule has 6 nitrogen and oxygen atoms in total. The van der Waals surface area contributed by atoms with Crippen molar-refractivity contribution in [1.29, 1.82) is 0 Å². The first kappa shape index (κ1) is 22.3. The monoisotopic (exact) mass is 427 g/mol. The van der Waals surface area contributed by atoms with Crippen LogP contribution in [0, 0.1) is 11.8 Å². The molecule has 1 saturated heterocycles.